The van der Waals surface area contributed by atoms with Crippen molar-refractivity contribution in [3.63, 3.8) is 0 Å². The van der Waals surface area contributed by atoms with E-state index in [0.29, 0.717) is 5.69 Å². The minimum Gasteiger partial charge on any atom is -0.326 e. The third kappa shape index (κ3) is 6.67. The first-order valence-corrected chi connectivity index (χ1v) is 9.18. The Balaban J connectivity index is 2.64. The SMILES string of the molecule is CC(=O)Nc1ccc(S(=O)(=O)NCCCS(N)(=O)=O)cc1. The number of carbonyl (C=O) groups is 1. The first-order valence-electron chi connectivity index (χ1n) is 5.98. The molecule has 0 atom stereocenters. The van der Waals surface area contributed by atoms with Crippen molar-refractivity contribution < 1.29 is 21.6 Å². The van der Waals surface area contributed by atoms with Crippen molar-refractivity contribution in [1.29, 1.82) is 0 Å². The van der Waals surface area contributed by atoms with Gasteiger partial charge in [-0.3, -0.25) is 4.79 Å². The van der Waals surface area contributed by atoms with Gasteiger partial charge in [-0.15, -0.1) is 0 Å². The van der Waals surface area contributed by atoms with Gasteiger partial charge in [-0.1, -0.05) is 0 Å². The zero-order valence-corrected chi connectivity index (χ0v) is 13.0. The Kier molecular flexibility index (Phi) is 5.84. The van der Waals surface area contributed by atoms with Crippen molar-refractivity contribution in [3.8, 4) is 0 Å². The van der Waals surface area contributed by atoms with Crippen molar-refractivity contribution >= 4 is 31.6 Å². The number of nitrogens with two attached hydrogens (primary N) is 1. The Morgan fingerprint density at radius 1 is 1.14 bits per heavy atom. The van der Waals surface area contributed by atoms with Crippen molar-refractivity contribution in [2.24, 2.45) is 5.14 Å². The smallest absolute Gasteiger partial charge is 0.240 e. The fraction of sp³-hybridized carbons (Fsp3) is 0.364. The monoisotopic (exact) mass is 335 g/mol. The van der Waals surface area contributed by atoms with E-state index in [4.69, 9.17) is 5.14 Å². The lowest BCUT2D eigenvalue weighted by atomic mass is 10.3. The van der Waals surface area contributed by atoms with Crippen LogP contribution in [0.4, 0.5) is 5.69 Å². The fourth-order valence-electron chi connectivity index (χ4n) is 1.48. The van der Waals surface area contributed by atoms with Crippen LogP contribution < -0.4 is 15.2 Å². The first-order chi connectivity index (χ1) is 9.60. The Labute approximate surface area is 123 Å². The number of benzene rings is 1. The number of hydrogen-bond donors (Lipinski definition) is 3. The molecule has 0 fully saturated rings. The molecule has 8 nitrogen and oxygen atoms in total. The lowest BCUT2D eigenvalue weighted by Crippen LogP contribution is -2.27. The molecule has 10 heteroatoms. The van der Waals surface area contributed by atoms with E-state index >= 15 is 0 Å². The van der Waals surface area contributed by atoms with Crippen LogP contribution in [-0.4, -0.2) is 35.0 Å². The van der Waals surface area contributed by atoms with Gasteiger partial charge in [0.15, 0.2) is 0 Å². The zero-order chi connectivity index (χ0) is 16.1. The molecular formula is C11H17N3O5S2. The predicted octanol–water partition coefficient (Wildman–Crippen LogP) is -0.398. The van der Waals surface area contributed by atoms with Crippen LogP contribution in [0.15, 0.2) is 29.2 Å². The molecule has 0 bridgehead atoms. The van der Waals surface area contributed by atoms with Gasteiger partial charge in [-0.05, 0) is 30.7 Å². The summed E-state index contributed by atoms with van der Waals surface area (Å²) in [7, 11) is -7.32. The highest BCUT2D eigenvalue weighted by molar-refractivity contribution is 7.89. The van der Waals surface area contributed by atoms with Crippen LogP contribution in [0.3, 0.4) is 0 Å². The molecule has 0 unspecified atom stereocenters. The molecule has 1 aromatic carbocycles. The molecule has 118 valence electrons. The molecule has 21 heavy (non-hydrogen) atoms. The summed E-state index contributed by atoms with van der Waals surface area (Å²) in [5.41, 5.74) is 0.482. The summed E-state index contributed by atoms with van der Waals surface area (Å²) in [5, 5.41) is 7.33. The second kappa shape index (κ2) is 6.98. The Morgan fingerprint density at radius 2 is 1.71 bits per heavy atom. The summed E-state index contributed by atoms with van der Waals surface area (Å²) < 4.78 is 47.5. The van der Waals surface area contributed by atoms with Crippen LogP contribution in [0.5, 0.6) is 0 Å². The molecule has 0 saturated carbocycles. The molecule has 0 aromatic heterocycles. The van der Waals surface area contributed by atoms with E-state index in [2.05, 4.69) is 10.0 Å². The van der Waals surface area contributed by atoms with Gasteiger partial charge in [-0.25, -0.2) is 26.7 Å². The highest BCUT2D eigenvalue weighted by Gasteiger charge is 2.13. The molecule has 0 aliphatic carbocycles. The fourth-order valence-corrected chi connectivity index (χ4v) is 3.10. The molecule has 0 spiro atoms. The van der Waals surface area contributed by atoms with E-state index < -0.39 is 20.0 Å². The standard InChI is InChI=1S/C11H17N3O5S2/c1-9(15)14-10-3-5-11(6-4-10)21(18,19)13-7-2-8-20(12,16)17/h3-6,13H,2,7-8H2,1H3,(H,14,15)(H2,12,16,17). The van der Waals surface area contributed by atoms with Gasteiger partial charge >= 0.3 is 0 Å². The van der Waals surface area contributed by atoms with E-state index in [1.54, 1.807) is 0 Å². The minimum absolute atomic E-state index is 0.0206. The van der Waals surface area contributed by atoms with Crippen LogP contribution in [0.1, 0.15) is 13.3 Å². The largest absolute Gasteiger partial charge is 0.326 e. The topological polar surface area (TPSA) is 135 Å². The molecule has 1 rings (SSSR count). The highest BCUT2D eigenvalue weighted by atomic mass is 32.2. The lowest BCUT2D eigenvalue weighted by molar-refractivity contribution is -0.114. The molecule has 0 aliphatic rings. The molecule has 4 N–H and O–H groups in total. The summed E-state index contributed by atoms with van der Waals surface area (Å²) in [6.07, 6.45) is 0.0854. The Hall–Kier alpha value is -1.49. The zero-order valence-electron chi connectivity index (χ0n) is 11.4. The second-order valence-corrected chi connectivity index (χ2v) is 7.82. The van der Waals surface area contributed by atoms with Crippen LogP contribution in [0.25, 0.3) is 0 Å². The van der Waals surface area contributed by atoms with E-state index in [0.717, 1.165) is 0 Å². The number of rotatable bonds is 7. The van der Waals surface area contributed by atoms with E-state index in [1.807, 2.05) is 0 Å². The van der Waals surface area contributed by atoms with Gasteiger partial charge in [0.2, 0.25) is 26.0 Å². The maximum Gasteiger partial charge on any atom is 0.240 e. The third-order valence-corrected chi connectivity index (χ3v) is 4.72. The van der Waals surface area contributed by atoms with Gasteiger partial charge < -0.3 is 5.32 Å². The maximum absolute atomic E-state index is 11.9. The lowest BCUT2D eigenvalue weighted by Gasteiger charge is -2.07. The summed E-state index contributed by atoms with van der Waals surface area (Å²) in [4.78, 5) is 10.9. The van der Waals surface area contributed by atoms with Crippen molar-refractivity contribution in [1.82, 2.24) is 4.72 Å². The first kappa shape index (κ1) is 17.6. The number of hydrogen-bond acceptors (Lipinski definition) is 5. The predicted molar refractivity (Wildman–Crippen MR) is 78.5 cm³/mol. The van der Waals surface area contributed by atoms with Gasteiger partial charge in [-0.2, -0.15) is 0 Å². The Morgan fingerprint density at radius 3 is 2.19 bits per heavy atom. The quantitative estimate of drug-likeness (QED) is 0.583. The molecule has 1 aromatic rings. The Bertz CT molecular complexity index is 696. The average Bonchev–Trinajstić information content (AvgIpc) is 2.33. The highest BCUT2D eigenvalue weighted by Crippen LogP contribution is 2.13. The van der Waals surface area contributed by atoms with Crippen LogP contribution in [-0.2, 0) is 24.8 Å². The number of primary sulfonamides is 1. The van der Waals surface area contributed by atoms with Crippen LogP contribution in [0.2, 0.25) is 0 Å². The van der Waals surface area contributed by atoms with Gasteiger partial charge in [0.05, 0.1) is 10.6 Å². The van der Waals surface area contributed by atoms with Crippen molar-refractivity contribution in [2.75, 3.05) is 17.6 Å². The molecule has 0 radical (unpaired) electrons. The number of amides is 1. The molecule has 0 heterocycles. The van der Waals surface area contributed by atoms with Crippen LogP contribution in [0, 0.1) is 0 Å². The molecule has 1 amide bonds. The summed E-state index contributed by atoms with van der Waals surface area (Å²) in [6, 6.07) is 5.60. The summed E-state index contributed by atoms with van der Waals surface area (Å²) in [6.45, 7) is 1.31. The van der Waals surface area contributed by atoms with E-state index in [9.17, 15) is 21.6 Å². The molecule has 0 saturated heterocycles. The average molecular weight is 335 g/mol. The van der Waals surface area contributed by atoms with Crippen LogP contribution >= 0.6 is 0 Å². The summed E-state index contributed by atoms with van der Waals surface area (Å²) >= 11 is 0. The number of sulfonamides is 2. The molecular weight excluding hydrogens is 318 g/mol. The number of anilines is 1. The molecule has 0 aliphatic heterocycles. The third-order valence-electron chi connectivity index (χ3n) is 2.38. The number of nitrogens with one attached hydrogen (secondary N) is 2. The van der Waals surface area contributed by atoms with Gasteiger partial charge in [0, 0.05) is 19.2 Å². The number of carbonyl (C=O) groups excluding carboxylic acids is 1. The van der Waals surface area contributed by atoms with Gasteiger partial charge in [0.25, 0.3) is 0 Å². The van der Waals surface area contributed by atoms with Crippen molar-refractivity contribution in [2.45, 2.75) is 18.2 Å². The normalized spacial score (nSPS) is 12.1. The van der Waals surface area contributed by atoms with Gasteiger partial charge in [0.1, 0.15) is 0 Å². The van der Waals surface area contributed by atoms with Crippen molar-refractivity contribution in [3.05, 3.63) is 24.3 Å². The van der Waals surface area contributed by atoms with E-state index in [1.165, 1.54) is 31.2 Å². The maximum atomic E-state index is 11.9. The summed E-state index contributed by atoms with van der Waals surface area (Å²) in [5.74, 6) is -0.552. The second-order valence-electron chi connectivity index (χ2n) is 4.32. The van der Waals surface area contributed by atoms with E-state index in [-0.39, 0.29) is 29.5 Å². The minimum atomic E-state index is -3.72.